The SMILES string of the molecule is Cc1cc(CN(C)CC(O)Cn2cc(N)cn2)no1. The van der Waals surface area contributed by atoms with Crippen molar-refractivity contribution in [2.24, 2.45) is 0 Å². The van der Waals surface area contributed by atoms with E-state index in [2.05, 4.69) is 10.3 Å². The minimum absolute atomic E-state index is 0.416. The van der Waals surface area contributed by atoms with Crippen LogP contribution >= 0.6 is 0 Å². The Bertz CT molecular complexity index is 475. The van der Waals surface area contributed by atoms with Gasteiger partial charge in [-0.2, -0.15) is 5.10 Å². The maximum absolute atomic E-state index is 9.98. The van der Waals surface area contributed by atoms with E-state index < -0.39 is 6.10 Å². The first-order chi connectivity index (χ1) is 9.02. The smallest absolute Gasteiger partial charge is 0.133 e. The maximum atomic E-state index is 9.98. The number of nitrogens with zero attached hydrogens (tertiary/aromatic N) is 4. The summed E-state index contributed by atoms with van der Waals surface area (Å²) < 4.78 is 6.63. The molecule has 2 aromatic rings. The Hall–Kier alpha value is -1.86. The Labute approximate surface area is 111 Å². The Kier molecular flexibility index (Phi) is 4.18. The minimum Gasteiger partial charge on any atom is -0.396 e. The second kappa shape index (κ2) is 5.85. The molecule has 0 aliphatic carbocycles. The summed E-state index contributed by atoms with van der Waals surface area (Å²) in [6.07, 6.45) is 2.75. The molecule has 0 amide bonds. The van der Waals surface area contributed by atoms with Crippen molar-refractivity contribution in [3.63, 3.8) is 0 Å². The summed E-state index contributed by atoms with van der Waals surface area (Å²) in [6, 6.07) is 1.89. The summed E-state index contributed by atoms with van der Waals surface area (Å²) in [4.78, 5) is 1.98. The van der Waals surface area contributed by atoms with Crippen LogP contribution in [0.25, 0.3) is 0 Å². The number of rotatable bonds is 6. The van der Waals surface area contributed by atoms with Gasteiger partial charge in [0.15, 0.2) is 0 Å². The summed E-state index contributed by atoms with van der Waals surface area (Å²) in [6.45, 7) is 3.42. The van der Waals surface area contributed by atoms with E-state index in [1.54, 1.807) is 17.1 Å². The van der Waals surface area contributed by atoms with Crippen molar-refractivity contribution >= 4 is 5.69 Å². The monoisotopic (exact) mass is 265 g/mol. The Balaban J connectivity index is 1.79. The molecular formula is C12H19N5O2. The zero-order chi connectivity index (χ0) is 13.8. The molecule has 0 saturated carbocycles. The van der Waals surface area contributed by atoms with Gasteiger partial charge in [-0.15, -0.1) is 0 Å². The van der Waals surface area contributed by atoms with Crippen molar-refractivity contribution in [1.82, 2.24) is 19.8 Å². The highest BCUT2D eigenvalue weighted by Crippen LogP contribution is 2.06. The quantitative estimate of drug-likeness (QED) is 0.778. The summed E-state index contributed by atoms with van der Waals surface area (Å²) in [7, 11) is 1.92. The molecule has 0 fully saturated rings. The number of nitrogen functional groups attached to an aromatic ring is 1. The molecule has 19 heavy (non-hydrogen) atoms. The largest absolute Gasteiger partial charge is 0.396 e. The average molecular weight is 265 g/mol. The second-order valence-electron chi connectivity index (χ2n) is 4.78. The Morgan fingerprint density at radius 1 is 1.58 bits per heavy atom. The van der Waals surface area contributed by atoms with Crippen LogP contribution in [0.3, 0.4) is 0 Å². The molecule has 2 heterocycles. The normalized spacial score (nSPS) is 13.1. The predicted octanol–water partition coefficient (Wildman–Crippen LogP) is 0.255. The lowest BCUT2D eigenvalue weighted by Gasteiger charge is -2.19. The predicted molar refractivity (Wildman–Crippen MR) is 70.2 cm³/mol. The molecule has 0 saturated heterocycles. The van der Waals surface area contributed by atoms with Crippen LogP contribution in [-0.4, -0.2) is 44.6 Å². The van der Waals surface area contributed by atoms with Gasteiger partial charge >= 0.3 is 0 Å². The van der Waals surface area contributed by atoms with Gasteiger partial charge in [-0.1, -0.05) is 5.16 Å². The van der Waals surface area contributed by atoms with E-state index in [9.17, 15) is 5.11 Å². The third-order valence-corrected chi connectivity index (χ3v) is 2.68. The van der Waals surface area contributed by atoms with Crippen LogP contribution in [-0.2, 0) is 13.1 Å². The van der Waals surface area contributed by atoms with Crippen molar-refractivity contribution < 1.29 is 9.63 Å². The number of aliphatic hydroxyl groups excluding tert-OH is 1. The van der Waals surface area contributed by atoms with Crippen LogP contribution in [0.15, 0.2) is 23.0 Å². The molecule has 104 valence electrons. The molecule has 1 atom stereocenters. The lowest BCUT2D eigenvalue weighted by atomic mass is 10.3. The van der Waals surface area contributed by atoms with Gasteiger partial charge in [-0.05, 0) is 14.0 Å². The number of hydrogen-bond donors (Lipinski definition) is 2. The number of hydrogen-bond acceptors (Lipinski definition) is 6. The standard InChI is InChI=1S/C12H19N5O2/c1-9-3-11(15-19-9)6-16(2)7-12(18)8-17-5-10(13)4-14-17/h3-5,12,18H,6-8,13H2,1-2H3. The van der Waals surface area contributed by atoms with Gasteiger partial charge in [0.2, 0.25) is 0 Å². The highest BCUT2D eigenvalue weighted by molar-refractivity contribution is 5.30. The van der Waals surface area contributed by atoms with E-state index in [1.165, 1.54) is 0 Å². The molecule has 3 N–H and O–H groups in total. The van der Waals surface area contributed by atoms with Gasteiger partial charge < -0.3 is 15.4 Å². The Morgan fingerprint density at radius 2 is 2.37 bits per heavy atom. The number of aryl methyl sites for hydroxylation is 1. The summed E-state index contributed by atoms with van der Waals surface area (Å²) in [5.74, 6) is 0.788. The van der Waals surface area contributed by atoms with Gasteiger partial charge in [-0.25, -0.2) is 0 Å². The van der Waals surface area contributed by atoms with Crippen LogP contribution in [0.1, 0.15) is 11.5 Å². The van der Waals surface area contributed by atoms with Gasteiger partial charge in [0, 0.05) is 25.4 Å². The molecule has 0 radical (unpaired) electrons. The number of aromatic nitrogens is 3. The van der Waals surface area contributed by atoms with E-state index in [0.717, 1.165) is 11.5 Å². The minimum atomic E-state index is -0.516. The molecule has 0 spiro atoms. The molecule has 1 unspecified atom stereocenters. The Morgan fingerprint density at radius 3 is 2.95 bits per heavy atom. The van der Waals surface area contributed by atoms with Crippen molar-refractivity contribution in [2.75, 3.05) is 19.3 Å². The molecule has 7 heteroatoms. The first-order valence-electron chi connectivity index (χ1n) is 6.09. The first-order valence-corrected chi connectivity index (χ1v) is 6.09. The van der Waals surface area contributed by atoms with Crippen LogP contribution in [0.5, 0.6) is 0 Å². The lowest BCUT2D eigenvalue weighted by Crippen LogP contribution is -2.32. The number of anilines is 1. The lowest BCUT2D eigenvalue weighted by molar-refractivity contribution is 0.103. The first kappa shape index (κ1) is 13.6. The maximum Gasteiger partial charge on any atom is 0.133 e. The summed E-state index contributed by atoms with van der Waals surface area (Å²) >= 11 is 0. The zero-order valence-corrected chi connectivity index (χ0v) is 11.2. The highest BCUT2D eigenvalue weighted by Gasteiger charge is 2.11. The van der Waals surface area contributed by atoms with Crippen LogP contribution in [0, 0.1) is 6.92 Å². The molecule has 2 aromatic heterocycles. The molecule has 0 aromatic carbocycles. The van der Waals surface area contributed by atoms with E-state index >= 15 is 0 Å². The van der Waals surface area contributed by atoms with Crippen molar-refractivity contribution in [1.29, 1.82) is 0 Å². The number of aliphatic hydroxyl groups is 1. The van der Waals surface area contributed by atoms with Crippen LogP contribution in [0.4, 0.5) is 5.69 Å². The van der Waals surface area contributed by atoms with Gasteiger partial charge in [0.05, 0.1) is 30.2 Å². The molecule has 2 rings (SSSR count). The van der Waals surface area contributed by atoms with Gasteiger partial charge in [0.1, 0.15) is 5.76 Å². The van der Waals surface area contributed by atoms with E-state index in [4.69, 9.17) is 10.3 Å². The topological polar surface area (TPSA) is 93.3 Å². The summed E-state index contributed by atoms with van der Waals surface area (Å²) in [5, 5.41) is 17.9. The molecule has 0 aliphatic rings. The van der Waals surface area contributed by atoms with Gasteiger partial charge in [0.25, 0.3) is 0 Å². The second-order valence-corrected chi connectivity index (χ2v) is 4.78. The van der Waals surface area contributed by atoms with Crippen molar-refractivity contribution in [2.45, 2.75) is 26.1 Å². The molecular weight excluding hydrogens is 246 g/mol. The highest BCUT2D eigenvalue weighted by atomic mass is 16.5. The fourth-order valence-electron chi connectivity index (χ4n) is 1.95. The van der Waals surface area contributed by atoms with E-state index in [0.29, 0.717) is 25.3 Å². The zero-order valence-electron chi connectivity index (χ0n) is 11.2. The fourth-order valence-corrected chi connectivity index (χ4v) is 1.95. The van der Waals surface area contributed by atoms with Crippen LogP contribution < -0.4 is 5.73 Å². The van der Waals surface area contributed by atoms with Crippen molar-refractivity contribution in [3.05, 3.63) is 29.9 Å². The molecule has 0 bridgehead atoms. The number of nitrogens with two attached hydrogens (primary N) is 1. The van der Waals surface area contributed by atoms with Gasteiger partial charge in [-0.3, -0.25) is 9.58 Å². The molecule has 0 aliphatic heterocycles. The number of likely N-dealkylation sites (N-methyl/N-ethyl adjacent to an activating group) is 1. The average Bonchev–Trinajstić information content (AvgIpc) is 2.87. The van der Waals surface area contributed by atoms with E-state index in [-0.39, 0.29) is 0 Å². The fraction of sp³-hybridized carbons (Fsp3) is 0.500. The third-order valence-electron chi connectivity index (χ3n) is 2.68. The van der Waals surface area contributed by atoms with Crippen LogP contribution in [0.2, 0.25) is 0 Å². The summed E-state index contributed by atoms with van der Waals surface area (Å²) in [5.41, 5.74) is 7.02. The molecule has 7 nitrogen and oxygen atoms in total. The van der Waals surface area contributed by atoms with Crippen molar-refractivity contribution in [3.8, 4) is 0 Å². The third kappa shape index (κ3) is 4.08. The van der Waals surface area contributed by atoms with E-state index in [1.807, 2.05) is 24.9 Å².